The summed E-state index contributed by atoms with van der Waals surface area (Å²) in [5, 5.41) is 2.83. The quantitative estimate of drug-likeness (QED) is 0.912. The number of carbonyl (C=O) groups is 1. The SMILES string of the molecule is CCN1CCN([C@@H](C)C(=O)Nc2ccc(F)cc2)CC1. The van der Waals surface area contributed by atoms with Crippen molar-refractivity contribution in [2.75, 3.05) is 38.0 Å². The molecule has 0 saturated carbocycles. The Morgan fingerprint density at radius 3 is 2.40 bits per heavy atom. The first-order chi connectivity index (χ1) is 9.60. The van der Waals surface area contributed by atoms with Gasteiger partial charge >= 0.3 is 0 Å². The van der Waals surface area contributed by atoms with Gasteiger partial charge in [-0.3, -0.25) is 9.69 Å². The Morgan fingerprint density at radius 2 is 1.85 bits per heavy atom. The number of benzene rings is 1. The monoisotopic (exact) mass is 279 g/mol. The first kappa shape index (κ1) is 14.9. The van der Waals surface area contributed by atoms with Gasteiger partial charge in [-0.25, -0.2) is 4.39 Å². The molecule has 1 heterocycles. The highest BCUT2D eigenvalue weighted by Gasteiger charge is 2.24. The van der Waals surface area contributed by atoms with Crippen molar-refractivity contribution in [3.8, 4) is 0 Å². The van der Waals surface area contributed by atoms with E-state index in [1.807, 2.05) is 6.92 Å². The fourth-order valence-electron chi connectivity index (χ4n) is 2.41. The van der Waals surface area contributed by atoms with Gasteiger partial charge in [0.15, 0.2) is 0 Å². The summed E-state index contributed by atoms with van der Waals surface area (Å²) >= 11 is 0. The third kappa shape index (κ3) is 3.77. The van der Waals surface area contributed by atoms with E-state index in [4.69, 9.17) is 0 Å². The standard InChI is InChI=1S/C15H22FN3O/c1-3-18-8-10-19(11-9-18)12(2)15(20)17-14-6-4-13(16)5-7-14/h4-7,12H,3,8-11H2,1-2H3,(H,17,20)/t12-/m0/s1. The van der Waals surface area contributed by atoms with Gasteiger partial charge in [-0.2, -0.15) is 0 Å². The number of hydrogen-bond acceptors (Lipinski definition) is 3. The molecular formula is C15H22FN3O. The van der Waals surface area contributed by atoms with Crippen molar-refractivity contribution in [3.05, 3.63) is 30.1 Å². The van der Waals surface area contributed by atoms with Gasteiger partial charge in [0.05, 0.1) is 6.04 Å². The molecule has 1 fully saturated rings. The van der Waals surface area contributed by atoms with Crippen LogP contribution in [-0.2, 0) is 4.79 Å². The third-order valence-corrected chi connectivity index (χ3v) is 3.89. The van der Waals surface area contributed by atoms with Crippen molar-refractivity contribution in [1.29, 1.82) is 0 Å². The zero-order valence-corrected chi connectivity index (χ0v) is 12.1. The predicted molar refractivity (Wildman–Crippen MR) is 78.2 cm³/mol. The Labute approximate surface area is 119 Å². The second kappa shape index (κ2) is 6.81. The van der Waals surface area contributed by atoms with Gasteiger partial charge in [0.25, 0.3) is 0 Å². The molecule has 1 aliphatic heterocycles. The lowest BCUT2D eigenvalue weighted by molar-refractivity contribution is -0.121. The van der Waals surface area contributed by atoms with Gasteiger partial charge in [-0.05, 0) is 37.7 Å². The van der Waals surface area contributed by atoms with Crippen molar-refractivity contribution >= 4 is 11.6 Å². The van der Waals surface area contributed by atoms with Gasteiger partial charge in [0.1, 0.15) is 5.82 Å². The second-order valence-corrected chi connectivity index (χ2v) is 5.14. The molecular weight excluding hydrogens is 257 g/mol. The molecule has 1 aliphatic rings. The van der Waals surface area contributed by atoms with Crippen LogP contribution in [0.1, 0.15) is 13.8 Å². The van der Waals surface area contributed by atoms with Gasteiger partial charge in [0.2, 0.25) is 5.91 Å². The molecule has 0 bridgehead atoms. The summed E-state index contributed by atoms with van der Waals surface area (Å²) in [4.78, 5) is 16.7. The largest absolute Gasteiger partial charge is 0.325 e. The van der Waals surface area contributed by atoms with E-state index in [0.29, 0.717) is 5.69 Å². The maximum atomic E-state index is 12.8. The van der Waals surface area contributed by atoms with Crippen LogP contribution in [0.3, 0.4) is 0 Å². The number of nitrogens with zero attached hydrogens (tertiary/aromatic N) is 2. The number of carbonyl (C=O) groups excluding carboxylic acids is 1. The third-order valence-electron chi connectivity index (χ3n) is 3.89. The molecule has 0 aromatic heterocycles. The lowest BCUT2D eigenvalue weighted by Gasteiger charge is -2.36. The Balaban J connectivity index is 1.87. The number of hydrogen-bond donors (Lipinski definition) is 1. The number of nitrogens with one attached hydrogen (secondary N) is 1. The summed E-state index contributed by atoms with van der Waals surface area (Å²) in [6.45, 7) is 8.96. The van der Waals surface area contributed by atoms with E-state index in [9.17, 15) is 9.18 Å². The summed E-state index contributed by atoms with van der Waals surface area (Å²) in [6, 6.07) is 5.68. The molecule has 4 nitrogen and oxygen atoms in total. The lowest BCUT2D eigenvalue weighted by Crippen LogP contribution is -2.52. The molecule has 5 heteroatoms. The molecule has 0 radical (unpaired) electrons. The maximum absolute atomic E-state index is 12.8. The van der Waals surface area contributed by atoms with Gasteiger partial charge in [0, 0.05) is 31.9 Å². The van der Waals surface area contributed by atoms with Crippen LogP contribution in [0.2, 0.25) is 0 Å². The van der Waals surface area contributed by atoms with Gasteiger partial charge in [-0.15, -0.1) is 0 Å². The van der Waals surface area contributed by atoms with Gasteiger partial charge < -0.3 is 10.2 Å². The summed E-state index contributed by atoms with van der Waals surface area (Å²) in [6.07, 6.45) is 0. The average molecular weight is 279 g/mol. The Kier molecular flexibility index (Phi) is 5.09. The van der Waals surface area contributed by atoms with E-state index in [0.717, 1.165) is 32.7 Å². The van der Waals surface area contributed by atoms with E-state index in [-0.39, 0.29) is 17.8 Å². The molecule has 0 unspecified atom stereocenters. The van der Waals surface area contributed by atoms with Crippen LogP contribution < -0.4 is 5.32 Å². The Hall–Kier alpha value is -1.46. The predicted octanol–water partition coefficient (Wildman–Crippen LogP) is 1.79. The van der Waals surface area contributed by atoms with E-state index in [1.54, 1.807) is 12.1 Å². The van der Waals surface area contributed by atoms with Crippen molar-refractivity contribution in [2.24, 2.45) is 0 Å². The minimum absolute atomic E-state index is 0.0402. The number of likely N-dealkylation sites (N-methyl/N-ethyl adjacent to an activating group) is 1. The molecule has 1 aromatic carbocycles. The summed E-state index contributed by atoms with van der Waals surface area (Å²) in [5.74, 6) is -0.340. The number of halogens is 1. The smallest absolute Gasteiger partial charge is 0.241 e. The highest BCUT2D eigenvalue weighted by molar-refractivity contribution is 5.94. The second-order valence-electron chi connectivity index (χ2n) is 5.14. The maximum Gasteiger partial charge on any atom is 0.241 e. The summed E-state index contributed by atoms with van der Waals surface area (Å²) in [5.41, 5.74) is 0.635. The van der Waals surface area contributed by atoms with E-state index in [1.165, 1.54) is 12.1 Å². The topological polar surface area (TPSA) is 35.6 Å². The molecule has 20 heavy (non-hydrogen) atoms. The zero-order chi connectivity index (χ0) is 14.5. The van der Waals surface area contributed by atoms with Crippen LogP contribution in [0.15, 0.2) is 24.3 Å². The molecule has 2 rings (SSSR count). The minimum Gasteiger partial charge on any atom is -0.325 e. The molecule has 0 spiro atoms. The highest BCUT2D eigenvalue weighted by atomic mass is 19.1. The van der Waals surface area contributed by atoms with E-state index >= 15 is 0 Å². The van der Waals surface area contributed by atoms with Gasteiger partial charge in [-0.1, -0.05) is 6.92 Å². The molecule has 1 atom stereocenters. The van der Waals surface area contributed by atoms with Crippen molar-refractivity contribution in [2.45, 2.75) is 19.9 Å². The van der Waals surface area contributed by atoms with Crippen LogP contribution in [0.25, 0.3) is 0 Å². The molecule has 1 amide bonds. The fraction of sp³-hybridized carbons (Fsp3) is 0.533. The number of amides is 1. The van der Waals surface area contributed by atoms with Crippen molar-refractivity contribution < 1.29 is 9.18 Å². The molecule has 1 aromatic rings. The van der Waals surface area contributed by atoms with Crippen molar-refractivity contribution in [3.63, 3.8) is 0 Å². The summed E-state index contributed by atoms with van der Waals surface area (Å²) < 4.78 is 12.8. The lowest BCUT2D eigenvalue weighted by atomic mass is 10.2. The molecule has 110 valence electrons. The summed E-state index contributed by atoms with van der Waals surface area (Å²) in [7, 11) is 0. The zero-order valence-electron chi connectivity index (χ0n) is 12.1. The first-order valence-corrected chi connectivity index (χ1v) is 7.13. The van der Waals surface area contributed by atoms with E-state index < -0.39 is 0 Å². The van der Waals surface area contributed by atoms with Crippen LogP contribution >= 0.6 is 0 Å². The van der Waals surface area contributed by atoms with E-state index in [2.05, 4.69) is 22.0 Å². The Bertz CT molecular complexity index is 441. The van der Waals surface area contributed by atoms with Crippen LogP contribution in [0, 0.1) is 5.82 Å². The van der Waals surface area contributed by atoms with Crippen LogP contribution in [0.4, 0.5) is 10.1 Å². The molecule has 1 saturated heterocycles. The molecule has 1 N–H and O–H groups in total. The first-order valence-electron chi connectivity index (χ1n) is 7.13. The minimum atomic E-state index is -0.299. The Morgan fingerprint density at radius 1 is 1.25 bits per heavy atom. The number of piperazine rings is 1. The van der Waals surface area contributed by atoms with Crippen molar-refractivity contribution in [1.82, 2.24) is 9.80 Å². The highest BCUT2D eigenvalue weighted by Crippen LogP contribution is 2.11. The molecule has 0 aliphatic carbocycles. The normalized spacial score (nSPS) is 18.8. The number of rotatable bonds is 4. The average Bonchev–Trinajstić information content (AvgIpc) is 2.49. The fourth-order valence-corrected chi connectivity index (χ4v) is 2.41. The number of anilines is 1. The van der Waals surface area contributed by atoms with Crippen LogP contribution in [-0.4, -0.2) is 54.5 Å². The van der Waals surface area contributed by atoms with Crippen LogP contribution in [0.5, 0.6) is 0 Å².